The van der Waals surface area contributed by atoms with E-state index in [4.69, 9.17) is 0 Å². The molecule has 1 aliphatic rings. The average molecular weight is 309 g/mol. The molecular formula is C12H14F3NO3S. The minimum absolute atomic E-state index is 0.203. The monoisotopic (exact) mass is 309 g/mol. The van der Waals surface area contributed by atoms with Crippen molar-refractivity contribution < 1.29 is 26.7 Å². The Labute approximate surface area is 114 Å². The Morgan fingerprint density at radius 1 is 1.00 bits per heavy atom. The van der Waals surface area contributed by atoms with Gasteiger partial charge in [-0.1, -0.05) is 0 Å². The second-order valence-electron chi connectivity index (χ2n) is 4.82. The van der Waals surface area contributed by atoms with Crippen LogP contribution in [0.4, 0.5) is 13.2 Å². The molecule has 1 fully saturated rings. The Kier molecular flexibility index (Phi) is 4.36. The van der Waals surface area contributed by atoms with Crippen LogP contribution in [0.5, 0.6) is 0 Å². The summed E-state index contributed by atoms with van der Waals surface area (Å²) < 4.78 is 65.5. The summed E-state index contributed by atoms with van der Waals surface area (Å²) in [7, 11) is -4.26. The Bertz CT molecular complexity index is 598. The van der Waals surface area contributed by atoms with Crippen molar-refractivity contribution >= 4 is 10.0 Å². The first-order valence-corrected chi connectivity index (χ1v) is 7.63. The molecule has 0 aromatic heterocycles. The van der Waals surface area contributed by atoms with E-state index in [-0.39, 0.29) is 6.07 Å². The van der Waals surface area contributed by atoms with Crippen LogP contribution >= 0.6 is 0 Å². The number of aliphatic hydroxyl groups excluding tert-OH is 1. The molecule has 2 N–H and O–H groups in total. The summed E-state index contributed by atoms with van der Waals surface area (Å²) in [6, 6.07) is 0.0788. The highest BCUT2D eigenvalue weighted by Gasteiger charge is 2.27. The van der Waals surface area contributed by atoms with E-state index >= 15 is 0 Å². The molecule has 0 bridgehead atoms. The second kappa shape index (κ2) is 5.71. The van der Waals surface area contributed by atoms with Gasteiger partial charge in [0, 0.05) is 12.1 Å². The summed E-state index contributed by atoms with van der Waals surface area (Å²) in [6.07, 6.45) is 1.23. The van der Waals surface area contributed by atoms with E-state index in [1.165, 1.54) is 0 Å². The number of rotatable bonds is 3. The lowest BCUT2D eigenvalue weighted by Crippen LogP contribution is -2.38. The van der Waals surface area contributed by atoms with Crippen molar-refractivity contribution in [2.24, 2.45) is 0 Å². The topological polar surface area (TPSA) is 66.4 Å². The van der Waals surface area contributed by atoms with Gasteiger partial charge in [-0.25, -0.2) is 26.3 Å². The van der Waals surface area contributed by atoms with E-state index in [9.17, 15) is 26.7 Å². The molecule has 1 saturated carbocycles. The number of hydrogen-bond donors (Lipinski definition) is 2. The quantitative estimate of drug-likeness (QED) is 0.835. The smallest absolute Gasteiger partial charge is 0.243 e. The molecule has 0 aliphatic heterocycles. The lowest BCUT2D eigenvalue weighted by molar-refractivity contribution is 0.120. The molecule has 0 heterocycles. The number of nitrogens with one attached hydrogen (secondary N) is 1. The van der Waals surface area contributed by atoms with E-state index < -0.39 is 44.5 Å². The molecule has 20 heavy (non-hydrogen) atoms. The predicted octanol–water partition coefficient (Wildman–Crippen LogP) is 1.69. The van der Waals surface area contributed by atoms with E-state index in [2.05, 4.69) is 4.72 Å². The molecule has 4 nitrogen and oxygen atoms in total. The molecule has 1 aromatic rings. The van der Waals surface area contributed by atoms with Crippen LogP contribution in [-0.4, -0.2) is 25.7 Å². The zero-order valence-corrected chi connectivity index (χ0v) is 11.3. The predicted molar refractivity (Wildman–Crippen MR) is 64.9 cm³/mol. The molecular weight excluding hydrogens is 295 g/mol. The first-order chi connectivity index (χ1) is 9.29. The van der Waals surface area contributed by atoms with E-state index in [0.717, 1.165) is 0 Å². The van der Waals surface area contributed by atoms with Gasteiger partial charge in [-0.15, -0.1) is 0 Å². The van der Waals surface area contributed by atoms with Gasteiger partial charge in [-0.2, -0.15) is 0 Å². The SMILES string of the molecule is O=S(=O)(NC1CCC(O)CC1)c1cc(F)c(F)cc1F. The van der Waals surface area contributed by atoms with Crippen LogP contribution in [0, 0.1) is 17.5 Å². The third-order valence-corrected chi connectivity index (χ3v) is 4.82. The van der Waals surface area contributed by atoms with Gasteiger partial charge < -0.3 is 5.11 Å². The average Bonchev–Trinajstić information content (AvgIpc) is 2.36. The van der Waals surface area contributed by atoms with Crippen LogP contribution < -0.4 is 4.72 Å². The third kappa shape index (κ3) is 3.31. The molecule has 112 valence electrons. The fourth-order valence-corrected chi connectivity index (χ4v) is 3.56. The largest absolute Gasteiger partial charge is 0.393 e. The zero-order valence-electron chi connectivity index (χ0n) is 10.4. The number of sulfonamides is 1. The summed E-state index contributed by atoms with van der Waals surface area (Å²) in [5.41, 5.74) is 0. The maximum absolute atomic E-state index is 13.5. The summed E-state index contributed by atoms with van der Waals surface area (Å²) in [6.45, 7) is 0. The van der Waals surface area contributed by atoms with Crippen molar-refractivity contribution in [2.75, 3.05) is 0 Å². The fourth-order valence-electron chi connectivity index (χ4n) is 2.19. The summed E-state index contributed by atoms with van der Waals surface area (Å²) in [5.74, 6) is -4.21. The molecule has 1 aliphatic carbocycles. The zero-order chi connectivity index (χ0) is 14.9. The van der Waals surface area contributed by atoms with Gasteiger partial charge in [0.05, 0.1) is 6.10 Å². The van der Waals surface area contributed by atoms with Crippen LogP contribution in [0.15, 0.2) is 17.0 Å². The molecule has 0 radical (unpaired) electrons. The normalized spacial score (nSPS) is 23.8. The van der Waals surface area contributed by atoms with E-state index in [0.29, 0.717) is 31.7 Å². The van der Waals surface area contributed by atoms with Gasteiger partial charge in [-0.05, 0) is 31.7 Å². The standard InChI is InChI=1S/C12H14F3NO3S/c13-9-5-11(15)12(6-10(9)14)20(18,19)16-7-1-3-8(17)4-2-7/h5-8,16-17H,1-4H2. The molecule has 8 heteroatoms. The number of hydrogen-bond acceptors (Lipinski definition) is 3. The highest BCUT2D eigenvalue weighted by molar-refractivity contribution is 7.89. The van der Waals surface area contributed by atoms with Crippen molar-refractivity contribution in [3.63, 3.8) is 0 Å². The third-order valence-electron chi connectivity index (χ3n) is 3.28. The Hall–Kier alpha value is -1.12. The van der Waals surface area contributed by atoms with Crippen molar-refractivity contribution in [3.05, 3.63) is 29.6 Å². The molecule has 0 unspecified atom stereocenters. The highest BCUT2D eigenvalue weighted by atomic mass is 32.2. The highest BCUT2D eigenvalue weighted by Crippen LogP contribution is 2.23. The van der Waals surface area contributed by atoms with Gasteiger partial charge >= 0.3 is 0 Å². The van der Waals surface area contributed by atoms with Gasteiger partial charge in [0.1, 0.15) is 10.7 Å². The van der Waals surface area contributed by atoms with Crippen LogP contribution in [0.25, 0.3) is 0 Å². The van der Waals surface area contributed by atoms with Crippen LogP contribution in [0.2, 0.25) is 0 Å². The van der Waals surface area contributed by atoms with Crippen molar-refractivity contribution in [2.45, 2.75) is 42.7 Å². The lowest BCUT2D eigenvalue weighted by atomic mass is 9.94. The first kappa shape index (κ1) is 15.3. The number of aliphatic hydroxyl groups is 1. The summed E-state index contributed by atoms with van der Waals surface area (Å²) in [4.78, 5) is -0.914. The number of halogens is 3. The van der Waals surface area contributed by atoms with Crippen LogP contribution in [-0.2, 0) is 10.0 Å². The molecule has 0 spiro atoms. The van der Waals surface area contributed by atoms with Crippen LogP contribution in [0.3, 0.4) is 0 Å². The summed E-state index contributed by atoms with van der Waals surface area (Å²) in [5, 5.41) is 9.32. The Balaban J connectivity index is 2.20. The lowest BCUT2D eigenvalue weighted by Gasteiger charge is -2.26. The molecule has 0 saturated heterocycles. The van der Waals surface area contributed by atoms with Gasteiger partial charge in [0.25, 0.3) is 0 Å². The molecule has 0 amide bonds. The first-order valence-electron chi connectivity index (χ1n) is 6.14. The van der Waals surface area contributed by atoms with Crippen molar-refractivity contribution in [1.29, 1.82) is 0 Å². The molecule has 1 aromatic carbocycles. The van der Waals surface area contributed by atoms with Crippen LogP contribution in [0.1, 0.15) is 25.7 Å². The van der Waals surface area contributed by atoms with E-state index in [1.54, 1.807) is 0 Å². The van der Waals surface area contributed by atoms with Gasteiger partial charge in [0.15, 0.2) is 11.6 Å². The minimum Gasteiger partial charge on any atom is -0.393 e. The summed E-state index contributed by atoms with van der Waals surface area (Å²) >= 11 is 0. The second-order valence-corrected chi connectivity index (χ2v) is 6.51. The number of benzene rings is 1. The van der Waals surface area contributed by atoms with Gasteiger partial charge in [-0.3, -0.25) is 0 Å². The fraction of sp³-hybridized carbons (Fsp3) is 0.500. The Morgan fingerprint density at radius 3 is 2.15 bits per heavy atom. The van der Waals surface area contributed by atoms with Crippen molar-refractivity contribution in [1.82, 2.24) is 4.72 Å². The van der Waals surface area contributed by atoms with Crippen molar-refractivity contribution in [3.8, 4) is 0 Å². The molecule has 0 atom stereocenters. The maximum Gasteiger partial charge on any atom is 0.243 e. The maximum atomic E-state index is 13.5. The Morgan fingerprint density at radius 2 is 1.55 bits per heavy atom. The van der Waals surface area contributed by atoms with Gasteiger partial charge in [0.2, 0.25) is 10.0 Å². The minimum atomic E-state index is -4.26. The van der Waals surface area contributed by atoms with E-state index in [1.807, 2.05) is 0 Å². The molecule has 2 rings (SSSR count).